The van der Waals surface area contributed by atoms with Gasteiger partial charge in [0.1, 0.15) is 6.10 Å². The number of ether oxygens (including phenoxy) is 2. The topological polar surface area (TPSA) is 117 Å². The maximum atomic E-state index is 12.7. The van der Waals surface area contributed by atoms with Gasteiger partial charge in [-0.2, -0.15) is 0 Å². The zero-order chi connectivity index (χ0) is 50.8. The summed E-state index contributed by atoms with van der Waals surface area (Å²) in [7, 11) is -4.28. The van der Waals surface area contributed by atoms with Crippen LogP contribution >= 0.6 is 7.82 Å². The predicted octanol–water partition coefficient (Wildman–Crippen LogP) is 19.9. The summed E-state index contributed by atoms with van der Waals surface area (Å²) in [5, 5.41) is 0. The van der Waals surface area contributed by atoms with E-state index in [0.717, 1.165) is 38.5 Å². The number of carbonyl (C=O) groups excluding carboxylic acids is 1. The number of hydrogen-bond donors (Lipinski definition) is 2. The van der Waals surface area contributed by atoms with Gasteiger partial charge in [-0.25, -0.2) is 4.57 Å². The van der Waals surface area contributed by atoms with Crippen molar-refractivity contribution in [2.45, 2.75) is 328 Å². The Morgan fingerprint density at radius 3 is 1.11 bits per heavy atom. The van der Waals surface area contributed by atoms with E-state index in [9.17, 15) is 14.3 Å². The summed E-state index contributed by atoms with van der Waals surface area (Å²) in [6.45, 7) is 5.00. The molecule has 0 aliphatic rings. The van der Waals surface area contributed by atoms with Crippen LogP contribution in [0.5, 0.6) is 0 Å². The summed E-state index contributed by atoms with van der Waals surface area (Å²) in [4.78, 5) is 22.7. The molecule has 0 aromatic carbocycles. The summed E-state index contributed by atoms with van der Waals surface area (Å²) in [6.07, 6.45) is 71.0. The molecule has 2 unspecified atom stereocenters. The molecule has 0 aliphatic heterocycles. The molecule has 0 saturated heterocycles. The third-order valence-corrected chi connectivity index (χ3v) is 14.9. The Kier molecular flexibility index (Phi) is 58.0. The van der Waals surface area contributed by atoms with Crippen LogP contribution < -0.4 is 5.73 Å². The zero-order valence-corrected chi connectivity index (χ0v) is 47.7. The first-order valence-electron chi connectivity index (χ1n) is 30.8. The molecule has 0 amide bonds. The molecule has 0 fully saturated rings. The second-order valence-electron chi connectivity index (χ2n) is 20.9. The summed E-state index contributed by atoms with van der Waals surface area (Å²) in [5.41, 5.74) is 5.41. The predicted molar refractivity (Wildman–Crippen MR) is 303 cm³/mol. The molecule has 0 aliphatic carbocycles. The maximum absolute atomic E-state index is 12.7. The summed E-state index contributed by atoms with van der Waals surface area (Å²) >= 11 is 0. The smallest absolute Gasteiger partial charge is 0.457 e. The number of phosphoric acid groups is 1. The van der Waals surface area contributed by atoms with Gasteiger partial charge in [0.05, 0.1) is 19.8 Å². The number of carbonyl (C=O) groups is 1. The van der Waals surface area contributed by atoms with E-state index in [1.165, 1.54) is 263 Å². The Morgan fingerprint density at radius 1 is 0.429 bits per heavy atom. The van der Waals surface area contributed by atoms with Crippen molar-refractivity contribution in [3.8, 4) is 0 Å². The highest BCUT2D eigenvalue weighted by molar-refractivity contribution is 7.47. The van der Waals surface area contributed by atoms with Crippen molar-refractivity contribution in [1.29, 1.82) is 0 Å². The lowest BCUT2D eigenvalue weighted by Crippen LogP contribution is -2.28. The molecule has 0 rings (SSSR count). The van der Waals surface area contributed by atoms with Crippen LogP contribution in [0.2, 0.25) is 0 Å². The molecule has 9 heteroatoms. The summed E-state index contributed by atoms with van der Waals surface area (Å²) in [6, 6.07) is 0. The van der Waals surface area contributed by atoms with E-state index in [4.69, 9.17) is 24.3 Å². The van der Waals surface area contributed by atoms with E-state index in [1.807, 2.05) is 0 Å². The van der Waals surface area contributed by atoms with Crippen molar-refractivity contribution in [3.63, 3.8) is 0 Å². The first-order chi connectivity index (χ1) is 34.4. The van der Waals surface area contributed by atoms with Crippen LogP contribution in [-0.4, -0.2) is 49.9 Å². The number of unbranched alkanes of at least 4 members (excludes halogenated alkanes) is 43. The van der Waals surface area contributed by atoms with Gasteiger partial charge >= 0.3 is 13.8 Å². The number of esters is 1. The fourth-order valence-electron chi connectivity index (χ4n) is 9.33. The van der Waals surface area contributed by atoms with E-state index in [1.54, 1.807) is 0 Å². The molecule has 0 heterocycles. The van der Waals surface area contributed by atoms with Crippen LogP contribution in [0.25, 0.3) is 0 Å². The minimum absolute atomic E-state index is 0.0923. The Bertz CT molecular complexity index is 1130. The van der Waals surface area contributed by atoms with Gasteiger partial charge in [-0.15, -0.1) is 0 Å². The Hall–Kier alpha value is -1.02. The molecule has 3 N–H and O–H groups in total. The van der Waals surface area contributed by atoms with Gasteiger partial charge < -0.3 is 20.1 Å². The fourth-order valence-corrected chi connectivity index (χ4v) is 10.1. The number of rotatable bonds is 60. The Labute approximate surface area is 436 Å². The second-order valence-corrected chi connectivity index (χ2v) is 22.4. The van der Waals surface area contributed by atoms with Crippen molar-refractivity contribution in [1.82, 2.24) is 0 Å². The van der Waals surface area contributed by atoms with Gasteiger partial charge in [0.2, 0.25) is 0 Å². The largest absolute Gasteiger partial charge is 0.472 e. The number of phosphoric ester groups is 1. The van der Waals surface area contributed by atoms with Gasteiger partial charge in [0.15, 0.2) is 0 Å². The van der Waals surface area contributed by atoms with E-state index in [-0.39, 0.29) is 32.3 Å². The first kappa shape index (κ1) is 69.0. The molecule has 0 aromatic rings. The van der Waals surface area contributed by atoms with Gasteiger partial charge in [-0.1, -0.05) is 295 Å². The first-order valence-corrected chi connectivity index (χ1v) is 32.3. The standard InChI is InChI=1S/C61H120NO7P/c1-3-5-7-9-11-13-15-17-19-21-23-25-27-29-31-33-35-37-39-41-43-45-47-49-51-53-56-66-58-60(59-68-70(64,65)67-57-55-62)69-61(63)54-52-50-48-46-44-42-40-38-36-34-32-30-28-26-24-22-20-18-16-14-12-10-8-6-4-2/h16,18,22,24,60H,3-15,17,19-21,23,25-59,62H2,1-2H3,(H,64,65)/b18-16-,24-22-. The molecule has 70 heavy (non-hydrogen) atoms. The van der Waals surface area contributed by atoms with Crippen LogP contribution in [0.15, 0.2) is 24.3 Å². The van der Waals surface area contributed by atoms with E-state index < -0.39 is 13.9 Å². The summed E-state index contributed by atoms with van der Waals surface area (Å²) < 4.78 is 33.8. The number of hydrogen-bond acceptors (Lipinski definition) is 7. The highest BCUT2D eigenvalue weighted by Crippen LogP contribution is 2.43. The molecule has 0 bridgehead atoms. The molecular formula is C61H120NO7P. The van der Waals surface area contributed by atoms with E-state index in [0.29, 0.717) is 13.0 Å². The van der Waals surface area contributed by atoms with Gasteiger partial charge in [-0.3, -0.25) is 13.8 Å². The third-order valence-electron chi connectivity index (χ3n) is 13.9. The molecule has 0 radical (unpaired) electrons. The van der Waals surface area contributed by atoms with Crippen molar-refractivity contribution in [3.05, 3.63) is 24.3 Å². The third kappa shape index (κ3) is 57.9. The minimum atomic E-state index is -4.28. The molecule has 8 nitrogen and oxygen atoms in total. The lowest BCUT2D eigenvalue weighted by molar-refractivity contribution is -0.154. The molecule has 0 saturated carbocycles. The molecular weight excluding hydrogens is 890 g/mol. The minimum Gasteiger partial charge on any atom is -0.457 e. The van der Waals surface area contributed by atoms with Crippen LogP contribution in [0.3, 0.4) is 0 Å². The van der Waals surface area contributed by atoms with E-state index in [2.05, 4.69) is 38.2 Å². The molecule has 0 spiro atoms. The van der Waals surface area contributed by atoms with Crippen molar-refractivity contribution in [2.24, 2.45) is 5.73 Å². The van der Waals surface area contributed by atoms with Crippen LogP contribution in [0.4, 0.5) is 0 Å². The number of nitrogens with two attached hydrogens (primary N) is 1. The molecule has 416 valence electrons. The van der Waals surface area contributed by atoms with Gasteiger partial charge in [-0.05, 0) is 44.9 Å². The lowest BCUT2D eigenvalue weighted by atomic mass is 10.0. The highest BCUT2D eigenvalue weighted by Gasteiger charge is 2.25. The van der Waals surface area contributed by atoms with Crippen molar-refractivity contribution < 1.29 is 32.8 Å². The molecule has 2 atom stereocenters. The lowest BCUT2D eigenvalue weighted by Gasteiger charge is -2.20. The Morgan fingerprint density at radius 2 is 0.757 bits per heavy atom. The quantitative estimate of drug-likeness (QED) is 0.0268. The van der Waals surface area contributed by atoms with Crippen molar-refractivity contribution in [2.75, 3.05) is 33.0 Å². The fraction of sp³-hybridized carbons (Fsp3) is 0.918. The van der Waals surface area contributed by atoms with Crippen molar-refractivity contribution >= 4 is 13.8 Å². The monoisotopic (exact) mass is 1010 g/mol. The SMILES string of the molecule is CCCCCCC/C=C\C/C=C\CCCCCCCCCCCCCCCC(=O)OC(COCCCCCCCCCCCCCCCCCCCCCCCCCCCC)COP(=O)(O)OCCN. The Balaban J connectivity index is 3.81. The highest BCUT2D eigenvalue weighted by atomic mass is 31.2. The van der Waals surface area contributed by atoms with Gasteiger partial charge in [0, 0.05) is 19.6 Å². The zero-order valence-electron chi connectivity index (χ0n) is 46.8. The van der Waals surface area contributed by atoms with E-state index >= 15 is 0 Å². The average molecular weight is 1010 g/mol. The van der Waals surface area contributed by atoms with Gasteiger partial charge in [0.25, 0.3) is 0 Å². The van der Waals surface area contributed by atoms with Crippen LogP contribution in [-0.2, 0) is 27.9 Å². The second kappa shape index (κ2) is 58.9. The number of allylic oxidation sites excluding steroid dienone is 4. The van der Waals surface area contributed by atoms with Crippen LogP contribution in [0, 0.1) is 0 Å². The normalized spacial score (nSPS) is 13.3. The van der Waals surface area contributed by atoms with Crippen LogP contribution in [0.1, 0.15) is 322 Å². The maximum Gasteiger partial charge on any atom is 0.472 e. The average Bonchev–Trinajstić information content (AvgIpc) is 3.35. The summed E-state index contributed by atoms with van der Waals surface area (Å²) in [5.74, 6) is -0.323. The molecule has 0 aromatic heterocycles.